The largest absolute Gasteiger partial charge is 0.481 e. The van der Waals surface area contributed by atoms with Crippen molar-refractivity contribution in [1.82, 2.24) is 9.03 Å². The summed E-state index contributed by atoms with van der Waals surface area (Å²) < 4.78 is 27.7. The zero-order valence-electron chi connectivity index (χ0n) is 11.0. The van der Waals surface area contributed by atoms with Gasteiger partial charge in [-0.15, -0.1) is 0 Å². The first-order valence-corrected chi connectivity index (χ1v) is 6.92. The Morgan fingerprint density at radius 3 is 2.12 bits per heavy atom. The van der Waals surface area contributed by atoms with E-state index >= 15 is 0 Å². The molecule has 0 aliphatic carbocycles. The molecule has 0 radical (unpaired) electrons. The Hall–Kier alpha value is -0.660. The summed E-state index contributed by atoms with van der Waals surface area (Å²) in [7, 11) is -3.65. The lowest BCUT2D eigenvalue weighted by Crippen LogP contribution is -2.51. The number of hydrogen-bond donors (Lipinski definition) is 2. The van der Waals surface area contributed by atoms with E-state index in [9.17, 15) is 13.2 Å². The summed E-state index contributed by atoms with van der Waals surface area (Å²) >= 11 is 0. The lowest BCUT2D eigenvalue weighted by molar-refractivity contribution is -0.137. The van der Waals surface area contributed by atoms with Crippen molar-refractivity contribution in [3.8, 4) is 0 Å². The van der Waals surface area contributed by atoms with Gasteiger partial charge in [-0.1, -0.05) is 0 Å². The third kappa shape index (κ3) is 6.60. The summed E-state index contributed by atoms with van der Waals surface area (Å²) in [5, 5.41) is 8.60. The molecule has 0 atom stereocenters. The fourth-order valence-electron chi connectivity index (χ4n) is 1.31. The average molecular weight is 266 g/mol. The number of aliphatic carboxylic acids is 1. The molecule has 0 aliphatic rings. The molecule has 0 saturated carbocycles. The molecule has 0 aromatic rings. The van der Waals surface area contributed by atoms with Crippen molar-refractivity contribution in [3.05, 3.63) is 0 Å². The van der Waals surface area contributed by atoms with Crippen molar-refractivity contribution in [2.45, 2.75) is 52.6 Å². The minimum absolute atomic E-state index is 0.0294. The molecular formula is C10H22N2O4S. The van der Waals surface area contributed by atoms with Crippen LogP contribution in [-0.4, -0.2) is 41.9 Å². The van der Waals surface area contributed by atoms with Crippen LogP contribution in [0.25, 0.3) is 0 Å². The number of nitrogens with zero attached hydrogens (tertiary/aromatic N) is 1. The average Bonchev–Trinajstić information content (AvgIpc) is 1.96. The van der Waals surface area contributed by atoms with Gasteiger partial charge in [-0.25, -0.2) is 0 Å². The van der Waals surface area contributed by atoms with Crippen LogP contribution in [0.4, 0.5) is 0 Å². The summed E-state index contributed by atoms with van der Waals surface area (Å²) in [6, 6.07) is -0.283. The highest BCUT2D eigenvalue weighted by Gasteiger charge is 2.29. The molecule has 0 aromatic carbocycles. The molecule has 6 nitrogen and oxygen atoms in total. The second kappa shape index (κ2) is 5.79. The number of carboxylic acids is 1. The Bertz CT molecular complexity index is 357. The number of carboxylic acid groups (broad SMARTS) is 1. The molecule has 0 rings (SSSR count). The minimum Gasteiger partial charge on any atom is -0.481 e. The Morgan fingerprint density at radius 1 is 1.35 bits per heavy atom. The van der Waals surface area contributed by atoms with Crippen molar-refractivity contribution in [2.75, 3.05) is 6.54 Å². The molecule has 0 heterocycles. The van der Waals surface area contributed by atoms with E-state index < -0.39 is 21.7 Å². The van der Waals surface area contributed by atoms with Gasteiger partial charge in [-0.2, -0.15) is 17.4 Å². The summed E-state index contributed by atoms with van der Waals surface area (Å²) in [4.78, 5) is 10.5. The summed E-state index contributed by atoms with van der Waals surface area (Å²) in [6.07, 6.45) is -0.205. The predicted octanol–water partition coefficient (Wildman–Crippen LogP) is 0.804. The first-order chi connectivity index (χ1) is 7.46. The summed E-state index contributed by atoms with van der Waals surface area (Å²) in [6.45, 7) is 8.60. The second-order valence-corrected chi connectivity index (χ2v) is 6.83. The topological polar surface area (TPSA) is 86.7 Å². The van der Waals surface area contributed by atoms with Gasteiger partial charge in [0.1, 0.15) is 0 Å². The molecule has 0 saturated heterocycles. The third-order valence-corrected chi connectivity index (χ3v) is 3.96. The van der Waals surface area contributed by atoms with Crippen LogP contribution in [0.3, 0.4) is 0 Å². The Labute approximate surface area is 103 Å². The van der Waals surface area contributed by atoms with E-state index in [0.717, 1.165) is 4.31 Å². The van der Waals surface area contributed by atoms with Crippen molar-refractivity contribution in [3.63, 3.8) is 0 Å². The standard InChI is InChI=1S/C10H22N2O4S/c1-8(2)12(7-6-9(13)14)17(15,16)11-10(3,4)5/h8,11H,6-7H2,1-5H3,(H,13,14). The van der Waals surface area contributed by atoms with Gasteiger partial charge in [0, 0.05) is 18.1 Å². The van der Waals surface area contributed by atoms with E-state index in [1.807, 2.05) is 0 Å². The van der Waals surface area contributed by atoms with E-state index in [1.54, 1.807) is 34.6 Å². The van der Waals surface area contributed by atoms with E-state index in [-0.39, 0.29) is 19.0 Å². The number of hydrogen-bond acceptors (Lipinski definition) is 3. The zero-order valence-corrected chi connectivity index (χ0v) is 11.8. The molecule has 0 aliphatic heterocycles. The smallest absolute Gasteiger partial charge is 0.304 e. The van der Waals surface area contributed by atoms with Gasteiger partial charge in [-0.3, -0.25) is 4.79 Å². The maximum Gasteiger partial charge on any atom is 0.304 e. The maximum absolute atomic E-state index is 12.0. The summed E-state index contributed by atoms with van der Waals surface area (Å²) in [5.41, 5.74) is -0.588. The van der Waals surface area contributed by atoms with Crippen molar-refractivity contribution in [1.29, 1.82) is 0 Å². The fourth-order valence-corrected chi connectivity index (χ4v) is 3.09. The van der Waals surface area contributed by atoms with Crippen LogP contribution in [0.1, 0.15) is 41.0 Å². The monoisotopic (exact) mass is 266 g/mol. The lowest BCUT2D eigenvalue weighted by Gasteiger charge is -2.30. The Morgan fingerprint density at radius 2 is 1.82 bits per heavy atom. The summed E-state index contributed by atoms with van der Waals surface area (Å²) in [5.74, 6) is -1.01. The van der Waals surface area contributed by atoms with Gasteiger partial charge in [0.25, 0.3) is 10.2 Å². The van der Waals surface area contributed by atoms with Gasteiger partial charge in [0.05, 0.1) is 6.42 Å². The van der Waals surface area contributed by atoms with Crippen molar-refractivity contribution in [2.24, 2.45) is 0 Å². The van der Waals surface area contributed by atoms with E-state index in [1.165, 1.54) is 0 Å². The van der Waals surface area contributed by atoms with E-state index in [4.69, 9.17) is 5.11 Å². The van der Waals surface area contributed by atoms with Gasteiger partial charge in [0.2, 0.25) is 0 Å². The van der Waals surface area contributed by atoms with Crippen molar-refractivity contribution < 1.29 is 18.3 Å². The third-order valence-electron chi connectivity index (χ3n) is 1.87. The van der Waals surface area contributed by atoms with Gasteiger partial charge >= 0.3 is 5.97 Å². The first-order valence-electron chi connectivity index (χ1n) is 5.48. The molecule has 17 heavy (non-hydrogen) atoms. The molecule has 0 aromatic heterocycles. The lowest BCUT2D eigenvalue weighted by atomic mass is 10.1. The Kier molecular flexibility index (Phi) is 5.57. The molecule has 0 unspecified atom stereocenters. The number of rotatable bonds is 6. The highest BCUT2D eigenvalue weighted by molar-refractivity contribution is 7.87. The molecule has 102 valence electrons. The molecular weight excluding hydrogens is 244 g/mol. The predicted molar refractivity (Wildman–Crippen MR) is 65.9 cm³/mol. The second-order valence-electron chi connectivity index (χ2n) is 5.21. The first kappa shape index (κ1) is 16.3. The molecule has 0 fully saturated rings. The number of carbonyl (C=O) groups is 1. The molecule has 7 heteroatoms. The fraction of sp³-hybridized carbons (Fsp3) is 0.900. The zero-order chi connectivity index (χ0) is 13.9. The molecule has 2 N–H and O–H groups in total. The van der Waals surface area contributed by atoms with Crippen molar-refractivity contribution >= 4 is 16.2 Å². The van der Waals surface area contributed by atoms with Crippen LogP contribution in [0.2, 0.25) is 0 Å². The molecule has 0 amide bonds. The number of nitrogens with one attached hydrogen (secondary N) is 1. The van der Waals surface area contributed by atoms with Crippen LogP contribution < -0.4 is 4.72 Å². The quantitative estimate of drug-likeness (QED) is 0.744. The van der Waals surface area contributed by atoms with E-state index in [0.29, 0.717) is 0 Å². The maximum atomic E-state index is 12.0. The highest BCUT2D eigenvalue weighted by Crippen LogP contribution is 2.10. The van der Waals surface area contributed by atoms with Gasteiger partial charge in [-0.05, 0) is 34.6 Å². The normalized spacial score (nSPS) is 13.4. The van der Waals surface area contributed by atoms with Gasteiger partial charge < -0.3 is 5.11 Å². The minimum atomic E-state index is -3.65. The SMILES string of the molecule is CC(C)N(CCC(=O)O)S(=O)(=O)NC(C)(C)C. The molecule has 0 spiro atoms. The van der Waals surface area contributed by atoms with Crippen LogP contribution in [0, 0.1) is 0 Å². The van der Waals surface area contributed by atoms with Crippen LogP contribution in [0.5, 0.6) is 0 Å². The molecule has 0 bridgehead atoms. The van der Waals surface area contributed by atoms with Crippen LogP contribution >= 0.6 is 0 Å². The Balaban J connectivity index is 4.87. The van der Waals surface area contributed by atoms with Crippen LogP contribution in [-0.2, 0) is 15.0 Å². The van der Waals surface area contributed by atoms with E-state index in [2.05, 4.69) is 4.72 Å². The highest BCUT2D eigenvalue weighted by atomic mass is 32.2. The van der Waals surface area contributed by atoms with Crippen LogP contribution in [0.15, 0.2) is 0 Å². The van der Waals surface area contributed by atoms with Gasteiger partial charge in [0.15, 0.2) is 0 Å².